The third-order valence-electron chi connectivity index (χ3n) is 3.65. The van der Waals surface area contributed by atoms with Gasteiger partial charge in [0.1, 0.15) is 0 Å². The molecule has 0 aliphatic rings. The molecular weight excluding hydrogens is 324 g/mol. The Labute approximate surface area is 145 Å². The van der Waals surface area contributed by atoms with E-state index in [4.69, 9.17) is 11.6 Å². The van der Waals surface area contributed by atoms with E-state index in [1.54, 1.807) is 36.8 Å². The summed E-state index contributed by atoms with van der Waals surface area (Å²) in [4.78, 5) is 16.1. The topological polar surface area (TPSA) is 59.0 Å². The average molecular weight is 341 g/mol. The first-order chi connectivity index (χ1) is 11.6. The van der Waals surface area contributed by atoms with E-state index in [0.717, 1.165) is 11.3 Å². The maximum Gasteiger partial charge on any atom is 0.319 e. The molecule has 0 aliphatic heterocycles. The minimum atomic E-state index is -0.261. The van der Waals surface area contributed by atoms with Crippen LogP contribution < -0.4 is 10.6 Å². The summed E-state index contributed by atoms with van der Waals surface area (Å²) in [6.45, 7) is 1.94. The Balaban J connectivity index is 1.60. The second kappa shape index (κ2) is 7.19. The van der Waals surface area contributed by atoms with Gasteiger partial charge in [0, 0.05) is 28.8 Å². The standard InChI is InChI=1S/C18H17ClN4O/c1-13(21-18(24)22-16-6-4-15(19)5-7-16)14-2-8-17(9-3-14)23-11-10-20-12-23/h2-13H,1H3,(H2,21,22,24)/t13-/m0/s1. The first kappa shape index (κ1) is 16.1. The molecule has 0 spiro atoms. The van der Waals surface area contributed by atoms with Gasteiger partial charge in [-0.1, -0.05) is 23.7 Å². The lowest BCUT2D eigenvalue weighted by Gasteiger charge is -2.15. The maximum absolute atomic E-state index is 12.1. The third kappa shape index (κ3) is 3.94. The molecule has 5 nitrogen and oxygen atoms in total. The van der Waals surface area contributed by atoms with Crippen LogP contribution >= 0.6 is 11.6 Å². The van der Waals surface area contributed by atoms with E-state index in [1.807, 2.05) is 42.0 Å². The van der Waals surface area contributed by atoms with Crippen molar-refractivity contribution in [3.63, 3.8) is 0 Å². The van der Waals surface area contributed by atoms with Gasteiger partial charge in [-0.05, 0) is 48.9 Å². The highest BCUT2D eigenvalue weighted by molar-refractivity contribution is 6.30. The van der Waals surface area contributed by atoms with E-state index in [2.05, 4.69) is 15.6 Å². The molecule has 0 aliphatic carbocycles. The lowest BCUT2D eigenvalue weighted by Crippen LogP contribution is -2.31. The molecule has 0 fully saturated rings. The fourth-order valence-electron chi connectivity index (χ4n) is 2.33. The number of urea groups is 1. The van der Waals surface area contributed by atoms with E-state index < -0.39 is 0 Å². The second-order valence-corrected chi connectivity index (χ2v) is 5.82. The number of carbonyl (C=O) groups excluding carboxylic acids is 1. The molecule has 6 heteroatoms. The van der Waals surface area contributed by atoms with Crippen molar-refractivity contribution in [2.75, 3.05) is 5.32 Å². The molecule has 0 saturated carbocycles. The van der Waals surface area contributed by atoms with E-state index in [0.29, 0.717) is 10.7 Å². The minimum Gasteiger partial charge on any atom is -0.331 e. The number of hydrogen-bond acceptors (Lipinski definition) is 2. The summed E-state index contributed by atoms with van der Waals surface area (Å²) in [5.74, 6) is 0. The summed E-state index contributed by atoms with van der Waals surface area (Å²) in [5, 5.41) is 6.33. The van der Waals surface area contributed by atoms with Gasteiger partial charge in [0.2, 0.25) is 0 Å². The Hall–Kier alpha value is -2.79. The number of amides is 2. The molecule has 2 N–H and O–H groups in total. The number of imidazole rings is 1. The van der Waals surface area contributed by atoms with Crippen molar-refractivity contribution in [3.05, 3.63) is 77.8 Å². The van der Waals surface area contributed by atoms with Crippen molar-refractivity contribution in [1.82, 2.24) is 14.9 Å². The summed E-state index contributed by atoms with van der Waals surface area (Å²) < 4.78 is 1.93. The molecule has 2 amide bonds. The van der Waals surface area contributed by atoms with Crippen LogP contribution in [0.4, 0.5) is 10.5 Å². The van der Waals surface area contributed by atoms with Crippen LogP contribution in [0.2, 0.25) is 5.02 Å². The van der Waals surface area contributed by atoms with Crippen LogP contribution in [-0.4, -0.2) is 15.6 Å². The number of nitrogens with zero attached hydrogens (tertiary/aromatic N) is 2. The highest BCUT2D eigenvalue weighted by atomic mass is 35.5. The van der Waals surface area contributed by atoms with E-state index in [9.17, 15) is 4.79 Å². The van der Waals surface area contributed by atoms with E-state index >= 15 is 0 Å². The van der Waals surface area contributed by atoms with Crippen molar-refractivity contribution < 1.29 is 4.79 Å². The summed E-state index contributed by atoms with van der Waals surface area (Å²) >= 11 is 5.83. The molecule has 3 aromatic rings. The van der Waals surface area contributed by atoms with Gasteiger partial charge in [0.25, 0.3) is 0 Å². The van der Waals surface area contributed by atoms with Crippen LogP contribution in [0, 0.1) is 0 Å². The summed E-state index contributed by atoms with van der Waals surface area (Å²) in [6.07, 6.45) is 5.37. The van der Waals surface area contributed by atoms with Crippen molar-refractivity contribution in [3.8, 4) is 5.69 Å². The monoisotopic (exact) mass is 340 g/mol. The predicted octanol–water partition coefficient (Wildman–Crippen LogP) is 4.41. The van der Waals surface area contributed by atoms with Crippen LogP contribution in [-0.2, 0) is 0 Å². The number of hydrogen-bond donors (Lipinski definition) is 2. The quantitative estimate of drug-likeness (QED) is 0.739. The van der Waals surface area contributed by atoms with Gasteiger partial charge < -0.3 is 15.2 Å². The van der Waals surface area contributed by atoms with Gasteiger partial charge in [0.15, 0.2) is 0 Å². The Morgan fingerprint density at radius 1 is 1.12 bits per heavy atom. The third-order valence-corrected chi connectivity index (χ3v) is 3.90. The molecule has 1 atom stereocenters. The van der Waals surface area contributed by atoms with Gasteiger partial charge in [-0.3, -0.25) is 0 Å². The lowest BCUT2D eigenvalue weighted by molar-refractivity contribution is 0.249. The van der Waals surface area contributed by atoms with Gasteiger partial charge >= 0.3 is 6.03 Å². The first-order valence-corrected chi connectivity index (χ1v) is 7.91. The molecule has 24 heavy (non-hydrogen) atoms. The molecule has 1 aromatic heterocycles. The van der Waals surface area contributed by atoms with Crippen molar-refractivity contribution in [1.29, 1.82) is 0 Å². The zero-order valence-electron chi connectivity index (χ0n) is 13.1. The number of aromatic nitrogens is 2. The fraction of sp³-hybridized carbons (Fsp3) is 0.111. The smallest absolute Gasteiger partial charge is 0.319 e. The molecule has 3 rings (SSSR count). The van der Waals surface area contributed by atoms with Crippen molar-refractivity contribution >= 4 is 23.3 Å². The fourth-order valence-corrected chi connectivity index (χ4v) is 2.45. The van der Waals surface area contributed by atoms with Crippen molar-refractivity contribution in [2.45, 2.75) is 13.0 Å². The molecule has 2 aromatic carbocycles. The molecule has 122 valence electrons. The molecule has 0 unspecified atom stereocenters. The van der Waals surface area contributed by atoms with Crippen LogP contribution in [0.5, 0.6) is 0 Å². The van der Waals surface area contributed by atoms with E-state index in [1.165, 1.54) is 0 Å². The molecule has 1 heterocycles. The Bertz CT molecular complexity index is 798. The van der Waals surface area contributed by atoms with Crippen LogP contribution in [0.25, 0.3) is 5.69 Å². The zero-order valence-corrected chi connectivity index (χ0v) is 13.9. The van der Waals surface area contributed by atoms with Gasteiger partial charge in [-0.15, -0.1) is 0 Å². The van der Waals surface area contributed by atoms with Crippen LogP contribution in [0.3, 0.4) is 0 Å². The minimum absolute atomic E-state index is 0.117. The summed E-state index contributed by atoms with van der Waals surface area (Å²) in [6, 6.07) is 14.6. The Morgan fingerprint density at radius 2 is 1.83 bits per heavy atom. The highest BCUT2D eigenvalue weighted by Gasteiger charge is 2.10. The van der Waals surface area contributed by atoms with Gasteiger partial charge in [0.05, 0.1) is 12.4 Å². The molecule has 0 saturated heterocycles. The van der Waals surface area contributed by atoms with Crippen LogP contribution in [0.15, 0.2) is 67.3 Å². The number of carbonyl (C=O) groups is 1. The molecular formula is C18H17ClN4O. The van der Waals surface area contributed by atoms with Gasteiger partial charge in [-0.25, -0.2) is 9.78 Å². The van der Waals surface area contributed by atoms with Crippen LogP contribution in [0.1, 0.15) is 18.5 Å². The maximum atomic E-state index is 12.1. The van der Waals surface area contributed by atoms with Gasteiger partial charge in [-0.2, -0.15) is 0 Å². The largest absolute Gasteiger partial charge is 0.331 e. The number of benzene rings is 2. The molecule has 0 radical (unpaired) electrons. The van der Waals surface area contributed by atoms with Crippen molar-refractivity contribution in [2.24, 2.45) is 0 Å². The number of halogens is 1. The van der Waals surface area contributed by atoms with E-state index in [-0.39, 0.29) is 12.1 Å². The summed E-state index contributed by atoms with van der Waals surface area (Å²) in [7, 11) is 0. The molecule has 0 bridgehead atoms. The average Bonchev–Trinajstić information content (AvgIpc) is 3.11. The summed E-state index contributed by atoms with van der Waals surface area (Å²) in [5.41, 5.74) is 2.73. The Kier molecular flexibility index (Phi) is 4.82. The zero-order chi connectivity index (χ0) is 16.9. The number of nitrogens with one attached hydrogen (secondary N) is 2. The second-order valence-electron chi connectivity index (χ2n) is 5.39. The number of anilines is 1. The first-order valence-electron chi connectivity index (χ1n) is 7.53. The number of rotatable bonds is 4. The predicted molar refractivity (Wildman–Crippen MR) is 95.6 cm³/mol. The highest BCUT2D eigenvalue weighted by Crippen LogP contribution is 2.17. The lowest BCUT2D eigenvalue weighted by atomic mass is 10.1. The normalized spacial score (nSPS) is 11.8. The SMILES string of the molecule is C[C@H](NC(=O)Nc1ccc(Cl)cc1)c1ccc(-n2ccnc2)cc1. The Morgan fingerprint density at radius 3 is 2.46 bits per heavy atom.